The Morgan fingerprint density at radius 1 is 1.03 bits per heavy atom. The van der Waals surface area contributed by atoms with E-state index in [-0.39, 0.29) is 11.8 Å². The summed E-state index contributed by atoms with van der Waals surface area (Å²) in [6.07, 6.45) is 2.38. The third kappa shape index (κ3) is 10.0. The lowest BCUT2D eigenvalue weighted by atomic mass is 9.98. The number of nitrogens with one attached hydrogen (secondary N) is 2. The lowest BCUT2D eigenvalue weighted by molar-refractivity contribution is -0.142. The zero-order chi connectivity index (χ0) is 28.3. The minimum absolute atomic E-state index is 0.262. The van der Waals surface area contributed by atoms with Gasteiger partial charge in [0.1, 0.15) is 17.7 Å². The SMILES string of the molecule is CCCN(C(=O)C(CCSC)NC(=O)OC(C)(C)C)C(C(=O)NCc1ccccc1)c1cc(C)cc(C)c1. The van der Waals surface area contributed by atoms with Crippen LogP contribution in [-0.2, 0) is 20.9 Å². The van der Waals surface area contributed by atoms with E-state index >= 15 is 0 Å². The van der Waals surface area contributed by atoms with Crippen molar-refractivity contribution in [2.75, 3.05) is 18.6 Å². The van der Waals surface area contributed by atoms with Crippen molar-refractivity contribution >= 4 is 29.7 Å². The summed E-state index contributed by atoms with van der Waals surface area (Å²) in [4.78, 5) is 42.1. The fourth-order valence-corrected chi connectivity index (χ4v) is 4.74. The number of carbonyl (C=O) groups is 3. The minimum atomic E-state index is -0.845. The van der Waals surface area contributed by atoms with Gasteiger partial charge in [-0.05, 0) is 70.6 Å². The molecule has 0 aliphatic heterocycles. The van der Waals surface area contributed by atoms with Gasteiger partial charge in [-0.25, -0.2) is 4.79 Å². The maximum absolute atomic E-state index is 14.1. The van der Waals surface area contributed by atoms with Crippen LogP contribution in [0.1, 0.15) is 68.8 Å². The Bertz CT molecular complexity index is 1050. The first-order valence-corrected chi connectivity index (χ1v) is 14.5. The van der Waals surface area contributed by atoms with Gasteiger partial charge >= 0.3 is 6.09 Å². The van der Waals surface area contributed by atoms with E-state index in [0.717, 1.165) is 22.3 Å². The van der Waals surface area contributed by atoms with Gasteiger partial charge in [0, 0.05) is 13.1 Å². The molecule has 0 spiro atoms. The molecule has 0 fully saturated rings. The van der Waals surface area contributed by atoms with Crippen molar-refractivity contribution in [3.05, 3.63) is 70.8 Å². The number of thioether (sulfide) groups is 1. The van der Waals surface area contributed by atoms with Crippen LogP contribution < -0.4 is 10.6 Å². The van der Waals surface area contributed by atoms with E-state index in [0.29, 0.717) is 31.7 Å². The second-order valence-electron chi connectivity index (χ2n) is 10.5. The Balaban J connectivity index is 2.45. The number of alkyl carbamates (subject to hydrolysis) is 1. The summed E-state index contributed by atoms with van der Waals surface area (Å²) in [7, 11) is 0. The molecular formula is C30H43N3O4S. The lowest BCUT2D eigenvalue weighted by Gasteiger charge is -2.34. The first-order chi connectivity index (χ1) is 17.9. The number of nitrogens with zero attached hydrogens (tertiary/aromatic N) is 1. The Morgan fingerprint density at radius 2 is 1.66 bits per heavy atom. The highest BCUT2D eigenvalue weighted by molar-refractivity contribution is 7.98. The molecule has 7 nitrogen and oxygen atoms in total. The van der Waals surface area contributed by atoms with Crippen molar-refractivity contribution in [3.8, 4) is 0 Å². The van der Waals surface area contributed by atoms with Gasteiger partial charge in [-0.1, -0.05) is 66.6 Å². The van der Waals surface area contributed by atoms with Crippen molar-refractivity contribution in [1.29, 1.82) is 0 Å². The Hall–Kier alpha value is -3.00. The molecule has 2 aromatic carbocycles. The summed E-state index contributed by atoms with van der Waals surface area (Å²) < 4.78 is 5.44. The molecule has 3 amide bonds. The quantitative estimate of drug-likeness (QED) is 0.368. The van der Waals surface area contributed by atoms with Crippen molar-refractivity contribution in [2.24, 2.45) is 0 Å². The molecule has 2 aromatic rings. The smallest absolute Gasteiger partial charge is 0.408 e. The monoisotopic (exact) mass is 541 g/mol. The predicted molar refractivity (Wildman–Crippen MR) is 155 cm³/mol. The van der Waals surface area contributed by atoms with Gasteiger partial charge in [0.05, 0.1) is 0 Å². The number of benzene rings is 2. The molecule has 0 radical (unpaired) electrons. The molecule has 0 saturated heterocycles. The van der Waals surface area contributed by atoms with Gasteiger partial charge in [-0.15, -0.1) is 0 Å². The molecule has 0 aliphatic carbocycles. The fourth-order valence-electron chi connectivity index (χ4n) is 4.27. The molecule has 38 heavy (non-hydrogen) atoms. The van der Waals surface area contributed by atoms with Crippen molar-refractivity contribution < 1.29 is 19.1 Å². The molecule has 0 aromatic heterocycles. The van der Waals surface area contributed by atoms with Crippen LogP contribution in [0.15, 0.2) is 48.5 Å². The van der Waals surface area contributed by atoms with Crippen LogP contribution in [0.3, 0.4) is 0 Å². The molecule has 2 unspecified atom stereocenters. The van der Waals surface area contributed by atoms with Crippen molar-refractivity contribution in [2.45, 2.75) is 78.6 Å². The number of ether oxygens (including phenoxy) is 1. The van der Waals surface area contributed by atoms with Crippen LogP contribution in [0.25, 0.3) is 0 Å². The molecule has 8 heteroatoms. The molecule has 0 bridgehead atoms. The van der Waals surface area contributed by atoms with Crippen LogP contribution in [-0.4, -0.2) is 53.0 Å². The Labute approximate surface area is 232 Å². The lowest BCUT2D eigenvalue weighted by Crippen LogP contribution is -2.53. The predicted octanol–water partition coefficient (Wildman–Crippen LogP) is 5.55. The highest BCUT2D eigenvalue weighted by Crippen LogP contribution is 2.26. The van der Waals surface area contributed by atoms with Crippen LogP contribution in [0, 0.1) is 13.8 Å². The number of aryl methyl sites for hydroxylation is 2. The summed E-state index contributed by atoms with van der Waals surface area (Å²) >= 11 is 1.59. The van der Waals surface area contributed by atoms with E-state index in [2.05, 4.69) is 10.6 Å². The van der Waals surface area contributed by atoms with Crippen LogP contribution in [0.5, 0.6) is 0 Å². The van der Waals surface area contributed by atoms with Gasteiger partial charge in [0.25, 0.3) is 0 Å². The highest BCUT2D eigenvalue weighted by atomic mass is 32.2. The zero-order valence-corrected chi connectivity index (χ0v) is 24.6. The van der Waals surface area contributed by atoms with Crippen LogP contribution >= 0.6 is 11.8 Å². The van der Waals surface area contributed by atoms with Gasteiger partial charge in [0.15, 0.2) is 0 Å². The van der Waals surface area contributed by atoms with E-state index in [9.17, 15) is 14.4 Å². The molecule has 0 saturated carbocycles. The molecule has 0 aliphatic rings. The van der Waals surface area contributed by atoms with E-state index in [4.69, 9.17) is 4.74 Å². The number of carbonyl (C=O) groups excluding carboxylic acids is 3. The van der Waals surface area contributed by atoms with E-state index in [1.165, 1.54) is 0 Å². The van der Waals surface area contributed by atoms with E-state index < -0.39 is 23.8 Å². The number of rotatable bonds is 12. The van der Waals surface area contributed by atoms with Crippen LogP contribution in [0.4, 0.5) is 4.79 Å². The third-order valence-corrected chi connectivity index (χ3v) is 6.42. The number of amides is 3. The Morgan fingerprint density at radius 3 is 2.21 bits per heavy atom. The minimum Gasteiger partial charge on any atom is -0.444 e. The van der Waals surface area contributed by atoms with Gasteiger partial charge in [-0.2, -0.15) is 11.8 Å². The summed E-state index contributed by atoms with van der Waals surface area (Å²) in [6, 6.07) is 14.0. The topological polar surface area (TPSA) is 87.7 Å². The average molecular weight is 542 g/mol. The molecule has 2 rings (SSSR count). The second-order valence-corrected chi connectivity index (χ2v) is 11.5. The van der Waals surface area contributed by atoms with Crippen molar-refractivity contribution in [1.82, 2.24) is 15.5 Å². The highest BCUT2D eigenvalue weighted by Gasteiger charge is 2.36. The summed E-state index contributed by atoms with van der Waals surface area (Å²) in [5, 5.41) is 5.81. The molecule has 2 atom stereocenters. The maximum Gasteiger partial charge on any atom is 0.408 e. The first kappa shape index (κ1) is 31.2. The van der Waals surface area contributed by atoms with Crippen LogP contribution in [0.2, 0.25) is 0 Å². The zero-order valence-electron chi connectivity index (χ0n) is 23.8. The summed E-state index contributed by atoms with van der Waals surface area (Å²) in [5.74, 6) is 0.105. The standard InChI is InChI=1S/C30H43N3O4S/c1-8-15-33(28(35)25(14-16-38-7)32-29(36)37-30(4,5)6)26(24-18-21(2)17-22(3)19-24)27(34)31-20-23-12-10-9-11-13-23/h9-13,17-19,25-26H,8,14-16,20H2,1-7H3,(H,31,34)(H,32,36). The van der Waals surface area contributed by atoms with E-state index in [1.807, 2.05) is 75.6 Å². The normalized spacial score (nSPS) is 12.8. The summed E-state index contributed by atoms with van der Waals surface area (Å²) in [6.45, 7) is 12.0. The number of hydrogen-bond acceptors (Lipinski definition) is 5. The van der Waals surface area contributed by atoms with Gasteiger partial charge in [0.2, 0.25) is 11.8 Å². The molecule has 2 N–H and O–H groups in total. The van der Waals surface area contributed by atoms with Gasteiger partial charge < -0.3 is 20.3 Å². The van der Waals surface area contributed by atoms with Crippen molar-refractivity contribution in [3.63, 3.8) is 0 Å². The Kier molecular flexibility index (Phi) is 12.2. The molecule has 208 valence electrons. The largest absolute Gasteiger partial charge is 0.444 e. The maximum atomic E-state index is 14.1. The number of hydrogen-bond donors (Lipinski definition) is 2. The summed E-state index contributed by atoms with van der Waals surface area (Å²) in [5.41, 5.74) is 3.04. The van der Waals surface area contributed by atoms with Gasteiger partial charge in [-0.3, -0.25) is 9.59 Å². The second kappa shape index (κ2) is 14.8. The van der Waals surface area contributed by atoms with E-state index in [1.54, 1.807) is 37.4 Å². The first-order valence-electron chi connectivity index (χ1n) is 13.1. The fraction of sp³-hybridized carbons (Fsp3) is 0.500. The average Bonchev–Trinajstić information content (AvgIpc) is 2.83. The third-order valence-electron chi connectivity index (χ3n) is 5.78. The molecular weight excluding hydrogens is 498 g/mol. The molecule has 0 heterocycles.